The first-order chi connectivity index (χ1) is 9.15. The topological polar surface area (TPSA) is 38.5 Å². The Bertz CT molecular complexity index is 425. The molecule has 1 aliphatic heterocycles. The molecule has 4 heteroatoms. The van der Waals surface area contributed by atoms with Crippen molar-refractivity contribution >= 4 is 0 Å². The van der Waals surface area contributed by atoms with Crippen LogP contribution < -0.4 is 10.5 Å². The summed E-state index contributed by atoms with van der Waals surface area (Å²) in [6, 6.07) is 5.42. The molecular weight excluding hydrogens is 243 g/mol. The second-order valence-electron chi connectivity index (χ2n) is 5.35. The number of hydrogen-bond acceptors (Lipinski definition) is 3. The molecule has 1 aromatic carbocycles. The molecule has 3 nitrogen and oxygen atoms in total. The van der Waals surface area contributed by atoms with E-state index < -0.39 is 0 Å². The minimum Gasteiger partial charge on any atom is -0.497 e. The molecule has 1 aliphatic rings. The van der Waals surface area contributed by atoms with Gasteiger partial charge in [-0.3, -0.25) is 4.90 Å². The SMILES string of the molecule is COc1ccc(CN2CCCC(C)C2CN)c(F)c1. The zero-order chi connectivity index (χ0) is 13.8. The summed E-state index contributed by atoms with van der Waals surface area (Å²) in [4.78, 5) is 2.30. The Balaban J connectivity index is 2.11. The van der Waals surface area contributed by atoms with Gasteiger partial charge in [0.1, 0.15) is 11.6 Å². The number of likely N-dealkylation sites (tertiary alicyclic amines) is 1. The van der Waals surface area contributed by atoms with Crippen molar-refractivity contribution in [2.45, 2.75) is 32.4 Å². The second kappa shape index (κ2) is 6.35. The highest BCUT2D eigenvalue weighted by molar-refractivity contribution is 5.28. The molecule has 0 saturated carbocycles. The first-order valence-corrected chi connectivity index (χ1v) is 6.92. The lowest BCUT2D eigenvalue weighted by atomic mass is 9.90. The zero-order valence-electron chi connectivity index (χ0n) is 11.7. The summed E-state index contributed by atoms with van der Waals surface area (Å²) in [7, 11) is 1.55. The Morgan fingerprint density at radius 1 is 1.47 bits per heavy atom. The molecule has 2 N–H and O–H groups in total. The van der Waals surface area contributed by atoms with Gasteiger partial charge in [0.15, 0.2) is 0 Å². The predicted molar refractivity (Wildman–Crippen MR) is 74.6 cm³/mol. The Morgan fingerprint density at radius 3 is 2.89 bits per heavy atom. The lowest BCUT2D eigenvalue weighted by Gasteiger charge is -2.39. The average molecular weight is 266 g/mol. The summed E-state index contributed by atoms with van der Waals surface area (Å²) in [6.45, 7) is 4.49. The minimum atomic E-state index is -0.201. The van der Waals surface area contributed by atoms with E-state index in [-0.39, 0.29) is 5.82 Å². The summed E-state index contributed by atoms with van der Waals surface area (Å²) >= 11 is 0. The van der Waals surface area contributed by atoms with Crippen molar-refractivity contribution < 1.29 is 9.13 Å². The fourth-order valence-electron chi connectivity index (χ4n) is 2.91. The minimum absolute atomic E-state index is 0.201. The number of hydrogen-bond donors (Lipinski definition) is 1. The van der Waals surface area contributed by atoms with Gasteiger partial charge in [0.25, 0.3) is 0 Å². The molecular formula is C15H23FN2O. The van der Waals surface area contributed by atoms with Crippen molar-refractivity contribution in [1.82, 2.24) is 4.90 Å². The zero-order valence-corrected chi connectivity index (χ0v) is 11.7. The highest BCUT2D eigenvalue weighted by Gasteiger charge is 2.27. The van der Waals surface area contributed by atoms with Crippen LogP contribution in [0.2, 0.25) is 0 Å². The van der Waals surface area contributed by atoms with Gasteiger partial charge in [0, 0.05) is 30.8 Å². The molecule has 106 valence electrons. The van der Waals surface area contributed by atoms with E-state index in [1.165, 1.54) is 12.5 Å². The lowest BCUT2D eigenvalue weighted by Crippen LogP contribution is -2.48. The van der Waals surface area contributed by atoms with Crippen LogP contribution in [0, 0.1) is 11.7 Å². The Labute approximate surface area is 114 Å². The van der Waals surface area contributed by atoms with Gasteiger partial charge in [0.2, 0.25) is 0 Å². The van der Waals surface area contributed by atoms with Crippen LogP contribution in [0.1, 0.15) is 25.3 Å². The van der Waals surface area contributed by atoms with Crippen LogP contribution in [0.4, 0.5) is 4.39 Å². The highest BCUT2D eigenvalue weighted by Crippen LogP contribution is 2.25. The summed E-state index contributed by atoms with van der Waals surface area (Å²) in [5.74, 6) is 0.942. The first kappa shape index (κ1) is 14.3. The molecule has 1 fully saturated rings. The van der Waals surface area contributed by atoms with Gasteiger partial charge in [-0.15, -0.1) is 0 Å². The Hall–Kier alpha value is -1.13. The molecule has 0 bridgehead atoms. The van der Waals surface area contributed by atoms with Crippen molar-refractivity contribution in [3.05, 3.63) is 29.6 Å². The number of nitrogens with two attached hydrogens (primary N) is 1. The quantitative estimate of drug-likeness (QED) is 0.909. The van der Waals surface area contributed by atoms with Crippen LogP contribution in [0.5, 0.6) is 5.75 Å². The van der Waals surface area contributed by atoms with Gasteiger partial charge in [0.05, 0.1) is 7.11 Å². The number of methoxy groups -OCH3 is 1. The van der Waals surface area contributed by atoms with Gasteiger partial charge in [-0.25, -0.2) is 4.39 Å². The predicted octanol–water partition coefficient (Wildman–Crippen LogP) is 2.39. The molecule has 0 spiro atoms. The highest BCUT2D eigenvalue weighted by atomic mass is 19.1. The van der Waals surface area contributed by atoms with E-state index in [1.807, 2.05) is 6.07 Å². The standard InChI is InChI=1S/C15H23FN2O/c1-11-4-3-7-18(15(11)9-17)10-12-5-6-13(19-2)8-14(12)16/h5-6,8,11,15H,3-4,7,9-10,17H2,1-2H3. The maximum Gasteiger partial charge on any atom is 0.131 e. The summed E-state index contributed by atoms with van der Waals surface area (Å²) < 4.78 is 19.0. The van der Waals surface area contributed by atoms with E-state index in [0.717, 1.165) is 13.0 Å². The van der Waals surface area contributed by atoms with Gasteiger partial charge >= 0.3 is 0 Å². The number of piperidine rings is 1. The summed E-state index contributed by atoms with van der Waals surface area (Å²) in [5, 5.41) is 0. The maximum atomic E-state index is 14.0. The van der Waals surface area contributed by atoms with Crippen LogP contribution in [0.3, 0.4) is 0 Å². The number of halogens is 1. The van der Waals surface area contributed by atoms with Crippen LogP contribution in [0.25, 0.3) is 0 Å². The number of benzene rings is 1. The third kappa shape index (κ3) is 3.25. The van der Waals surface area contributed by atoms with E-state index in [2.05, 4.69) is 11.8 Å². The molecule has 19 heavy (non-hydrogen) atoms. The Morgan fingerprint density at radius 2 is 2.26 bits per heavy atom. The molecule has 1 aromatic rings. The number of rotatable bonds is 4. The second-order valence-corrected chi connectivity index (χ2v) is 5.35. The molecule has 2 rings (SSSR count). The van der Waals surface area contributed by atoms with E-state index in [1.54, 1.807) is 13.2 Å². The third-order valence-electron chi connectivity index (χ3n) is 4.11. The van der Waals surface area contributed by atoms with Crippen molar-refractivity contribution in [3.8, 4) is 5.75 Å². The van der Waals surface area contributed by atoms with Crippen LogP contribution in [0.15, 0.2) is 18.2 Å². The molecule has 1 heterocycles. The molecule has 1 saturated heterocycles. The largest absolute Gasteiger partial charge is 0.497 e. The summed E-state index contributed by atoms with van der Waals surface area (Å²) in [5.41, 5.74) is 6.58. The molecule has 0 radical (unpaired) electrons. The fraction of sp³-hybridized carbons (Fsp3) is 0.600. The monoisotopic (exact) mass is 266 g/mol. The number of nitrogens with zero attached hydrogens (tertiary/aromatic N) is 1. The van der Waals surface area contributed by atoms with E-state index in [9.17, 15) is 4.39 Å². The fourth-order valence-corrected chi connectivity index (χ4v) is 2.91. The number of ether oxygens (including phenoxy) is 1. The van der Waals surface area contributed by atoms with Gasteiger partial charge < -0.3 is 10.5 Å². The van der Waals surface area contributed by atoms with Gasteiger partial charge in [-0.1, -0.05) is 13.0 Å². The van der Waals surface area contributed by atoms with Gasteiger partial charge in [-0.2, -0.15) is 0 Å². The van der Waals surface area contributed by atoms with Crippen molar-refractivity contribution in [2.75, 3.05) is 20.2 Å². The van der Waals surface area contributed by atoms with E-state index in [4.69, 9.17) is 10.5 Å². The van der Waals surface area contributed by atoms with E-state index in [0.29, 0.717) is 36.4 Å². The van der Waals surface area contributed by atoms with E-state index >= 15 is 0 Å². The molecule has 0 aromatic heterocycles. The van der Waals surface area contributed by atoms with Crippen LogP contribution >= 0.6 is 0 Å². The summed E-state index contributed by atoms with van der Waals surface area (Å²) in [6.07, 6.45) is 2.37. The molecule has 2 atom stereocenters. The molecule has 0 aliphatic carbocycles. The molecule has 0 amide bonds. The molecule has 2 unspecified atom stereocenters. The van der Waals surface area contributed by atoms with Gasteiger partial charge in [-0.05, 0) is 31.4 Å². The smallest absolute Gasteiger partial charge is 0.131 e. The third-order valence-corrected chi connectivity index (χ3v) is 4.11. The maximum absolute atomic E-state index is 14.0. The average Bonchev–Trinajstić information content (AvgIpc) is 2.41. The van der Waals surface area contributed by atoms with Crippen LogP contribution in [-0.4, -0.2) is 31.1 Å². The van der Waals surface area contributed by atoms with Crippen molar-refractivity contribution in [2.24, 2.45) is 11.7 Å². The normalized spacial score (nSPS) is 24.4. The first-order valence-electron chi connectivity index (χ1n) is 6.92. The van der Waals surface area contributed by atoms with Crippen LogP contribution in [-0.2, 0) is 6.54 Å². The lowest BCUT2D eigenvalue weighted by molar-refractivity contribution is 0.0979. The van der Waals surface area contributed by atoms with Crippen molar-refractivity contribution in [1.29, 1.82) is 0 Å². The van der Waals surface area contributed by atoms with Crippen molar-refractivity contribution in [3.63, 3.8) is 0 Å². The Kier molecular flexibility index (Phi) is 4.77.